The van der Waals surface area contributed by atoms with Crippen LogP contribution in [-0.2, 0) is 30.7 Å². The van der Waals surface area contributed by atoms with Crippen LogP contribution in [0.4, 0.5) is 0 Å². The van der Waals surface area contributed by atoms with E-state index in [4.69, 9.17) is 21.1 Å². The molecule has 3 aromatic rings. The van der Waals surface area contributed by atoms with E-state index >= 15 is 0 Å². The van der Waals surface area contributed by atoms with Gasteiger partial charge < -0.3 is 14.4 Å². The molecule has 2 aromatic carbocycles. The molecule has 5 rings (SSSR count). The Labute approximate surface area is 211 Å². The van der Waals surface area contributed by atoms with E-state index in [1.54, 1.807) is 26.6 Å². The highest BCUT2D eigenvalue weighted by molar-refractivity contribution is 6.31. The van der Waals surface area contributed by atoms with Crippen LogP contribution in [-0.4, -0.2) is 47.5 Å². The Balaban J connectivity index is 1.46. The molecule has 0 bridgehead atoms. The first-order valence-corrected chi connectivity index (χ1v) is 12.3. The van der Waals surface area contributed by atoms with Crippen LogP contribution in [0.3, 0.4) is 0 Å². The van der Waals surface area contributed by atoms with Gasteiger partial charge in [0.1, 0.15) is 0 Å². The number of nitrogens with zero attached hydrogens (tertiary/aromatic N) is 3. The highest BCUT2D eigenvalue weighted by Crippen LogP contribution is 2.39. The molecule has 2 atom stereocenters. The normalized spacial score (nSPS) is 19.6. The Morgan fingerprint density at radius 3 is 2.57 bits per heavy atom. The van der Waals surface area contributed by atoms with E-state index in [1.807, 2.05) is 23.1 Å². The zero-order valence-electron chi connectivity index (χ0n) is 20.3. The third-order valence-electron chi connectivity index (χ3n) is 7.33. The number of amides is 1. The number of ether oxygens (including phenoxy) is 2. The summed E-state index contributed by atoms with van der Waals surface area (Å²) in [7, 11) is 3.29. The van der Waals surface area contributed by atoms with Crippen molar-refractivity contribution < 1.29 is 14.3 Å². The van der Waals surface area contributed by atoms with Gasteiger partial charge in [-0.3, -0.25) is 14.7 Å². The first kappa shape index (κ1) is 23.6. The van der Waals surface area contributed by atoms with Gasteiger partial charge in [-0.2, -0.15) is 0 Å². The number of carbonyl (C=O) groups excluding carboxylic acids is 1. The van der Waals surface area contributed by atoms with Gasteiger partial charge in [0.25, 0.3) is 0 Å². The van der Waals surface area contributed by atoms with E-state index in [0.29, 0.717) is 36.8 Å². The van der Waals surface area contributed by atoms with E-state index < -0.39 is 0 Å². The van der Waals surface area contributed by atoms with Crippen molar-refractivity contribution in [3.05, 3.63) is 87.7 Å². The lowest BCUT2D eigenvalue weighted by molar-refractivity contribution is -0.140. The summed E-state index contributed by atoms with van der Waals surface area (Å²) in [6.07, 6.45) is 4.88. The molecule has 0 saturated heterocycles. The number of hydrogen-bond donors (Lipinski definition) is 0. The molecule has 0 fully saturated rings. The standard InChI is InChI=1S/C28H30ClN3O3/c1-18-23-14-27(35-3)26(34-2)13-20(23)9-11-32(18)28(33)25-12-19-6-4-5-7-21(19)16-31(25)17-22-8-10-30-15-24(22)29/h4-8,10,13-15,18,25H,9,11-12,16-17H2,1-3H3/t18-,25+/m1/s1. The third kappa shape index (κ3) is 4.48. The van der Waals surface area contributed by atoms with Crippen molar-refractivity contribution in [3.63, 3.8) is 0 Å². The van der Waals surface area contributed by atoms with Gasteiger partial charge in [0.05, 0.1) is 31.3 Å². The highest BCUT2D eigenvalue weighted by Gasteiger charge is 2.38. The summed E-state index contributed by atoms with van der Waals surface area (Å²) in [6, 6.07) is 14.1. The van der Waals surface area contributed by atoms with Crippen molar-refractivity contribution >= 4 is 17.5 Å². The van der Waals surface area contributed by atoms with Gasteiger partial charge in [-0.15, -0.1) is 0 Å². The van der Waals surface area contributed by atoms with E-state index in [9.17, 15) is 4.79 Å². The van der Waals surface area contributed by atoms with Crippen LogP contribution in [0.15, 0.2) is 54.9 Å². The molecule has 0 saturated carbocycles. The molecule has 0 radical (unpaired) electrons. The maximum absolute atomic E-state index is 14.1. The van der Waals surface area contributed by atoms with Crippen molar-refractivity contribution in [3.8, 4) is 11.5 Å². The minimum Gasteiger partial charge on any atom is -0.493 e. The lowest BCUT2D eigenvalue weighted by Crippen LogP contribution is -2.53. The van der Waals surface area contributed by atoms with E-state index in [-0.39, 0.29) is 18.0 Å². The number of aromatic nitrogens is 1. The molecule has 0 spiro atoms. The first-order chi connectivity index (χ1) is 17.0. The largest absolute Gasteiger partial charge is 0.493 e. The van der Waals surface area contributed by atoms with Gasteiger partial charge in [-0.1, -0.05) is 35.9 Å². The quantitative estimate of drug-likeness (QED) is 0.512. The molecule has 35 heavy (non-hydrogen) atoms. The SMILES string of the molecule is COc1cc2c(cc1OC)[C@@H](C)N(C(=O)[C@@H]1Cc3ccccc3CN1Cc1ccncc1Cl)CC2. The van der Waals surface area contributed by atoms with Crippen molar-refractivity contribution in [2.75, 3.05) is 20.8 Å². The number of rotatable bonds is 5. The second-order valence-corrected chi connectivity index (χ2v) is 9.63. The Bertz CT molecular complexity index is 1250. The zero-order chi connectivity index (χ0) is 24.5. The van der Waals surface area contributed by atoms with Gasteiger partial charge in [0, 0.05) is 32.0 Å². The monoisotopic (exact) mass is 491 g/mol. The molecule has 7 heteroatoms. The number of benzene rings is 2. The van der Waals surface area contributed by atoms with E-state index in [1.165, 1.54) is 16.7 Å². The minimum absolute atomic E-state index is 0.0606. The number of halogens is 1. The van der Waals surface area contributed by atoms with Gasteiger partial charge in [-0.25, -0.2) is 0 Å². The van der Waals surface area contributed by atoms with Crippen LogP contribution in [0.25, 0.3) is 0 Å². The topological polar surface area (TPSA) is 54.9 Å². The molecule has 1 amide bonds. The van der Waals surface area contributed by atoms with Gasteiger partial charge in [-0.05, 0) is 65.8 Å². The van der Waals surface area contributed by atoms with E-state index in [0.717, 1.165) is 23.3 Å². The molecule has 0 N–H and O–H groups in total. The minimum atomic E-state index is -0.265. The lowest BCUT2D eigenvalue weighted by Gasteiger charge is -2.42. The van der Waals surface area contributed by atoms with Crippen LogP contribution < -0.4 is 9.47 Å². The average Bonchev–Trinajstić information content (AvgIpc) is 2.88. The zero-order valence-corrected chi connectivity index (χ0v) is 21.1. The van der Waals surface area contributed by atoms with Crippen LogP contribution in [0.5, 0.6) is 11.5 Å². The number of pyridine rings is 1. The Morgan fingerprint density at radius 2 is 1.83 bits per heavy atom. The summed E-state index contributed by atoms with van der Waals surface area (Å²) in [6.45, 7) is 4.07. The van der Waals surface area contributed by atoms with Gasteiger partial charge in [0.2, 0.25) is 5.91 Å². The Kier molecular flexibility index (Phi) is 6.67. The fraction of sp³-hybridized carbons (Fsp3) is 0.357. The summed E-state index contributed by atoms with van der Waals surface area (Å²) >= 11 is 6.45. The molecule has 182 valence electrons. The van der Waals surface area contributed by atoms with Crippen molar-refractivity contribution in [2.24, 2.45) is 0 Å². The predicted octanol–water partition coefficient (Wildman–Crippen LogP) is 4.83. The van der Waals surface area contributed by atoms with Crippen LogP contribution in [0.1, 0.15) is 40.8 Å². The van der Waals surface area contributed by atoms with Crippen LogP contribution >= 0.6 is 11.6 Å². The first-order valence-electron chi connectivity index (χ1n) is 11.9. The van der Waals surface area contributed by atoms with Crippen molar-refractivity contribution in [2.45, 2.75) is 44.9 Å². The van der Waals surface area contributed by atoms with Crippen molar-refractivity contribution in [1.29, 1.82) is 0 Å². The molecule has 0 aliphatic carbocycles. The molecule has 1 aromatic heterocycles. The Morgan fingerprint density at radius 1 is 1.09 bits per heavy atom. The molecule has 6 nitrogen and oxygen atoms in total. The fourth-order valence-electron chi connectivity index (χ4n) is 5.38. The van der Waals surface area contributed by atoms with Gasteiger partial charge in [0.15, 0.2) is 11.5 Å². The molecular weight excluding hydrogens is 462 g/mol. The molecular formula is C28H30ClN3O3. The summed E-state index contributed by atoms with van der Waals surface area (Å²) in [5, 5.41) is 0.624. The van der Waals surface area contributed by atoms with Crippen LogP contribution in [0.2, 0.25) is 5.02 Å². The van der Waals surface area contributed by atoms with Gasteiger partial charge >= 0.3 is 0 Å². The molecule has 2 aliphatic heterocycles. The maximum Gasteiger partial charge on any atom is 0.240 e. The number of carbonyl (C=O) groups is 1. The van der Waals surface area contributed by atoms with E-state index in [2.05, 4.69) is 41.1 Å². The number of hydrogen-bond acceptors (Lipinski definition) is 5. The summed E-state index contributed by atoms with van der Waals surface area (Å²) in [5.41, 5.74) is 5.79. The predicted molar refractivity (Wildman–Crippen MR) is 136 cm³/mol. The number of fused-ring (bicyclic) bond motifs is 2. The summed E-state index contributed by atoms with van der Waals surface area (Å²) in [5.74, 6) is 1.56. The second-order valence-electron chi connectivity index (χ2n) is 9.22. The molecule has 0 unspecified atom stereocenters. The lowest BCUT2D eigenvalue weighted by atomic mass is 9.89. The fourth-order valence-corrected chi connectivity index (χ4v) is 5.55. The smallest absolute Gasteiger partial charge is 0.240 e. The second kappa shape index (κ2) is 9.88. The highest BCUT2D eigenvalue weighted by atomic mass is 35.5. The Hall–Kier alpha value is -3.09. The summed E-state index contributed by atoms with van der Waals surface area (Å²) < 4.78 is 11.0. The summed E-state index contributed by atoms with van der Waals surface area (Å²) in [4.78, 5) is 22.5. The average molecular weight is 492 g/mol. The number of methoxy groups -OCH3 is 2. The van der Waals surface area contributed by atoms with Crippen LogP contribution in [0, 0.1) is 0 Å². The van der Waals surface area contributed by atoms with Crippen molar-refractivity contribution in [1.82, 2.24) is 14.8 Å². The maximum atomic E-state index is 14.1. The molecule has 3 heterocycles. The molecule has 2 aliphatic rings. The third-order valence-corrected chi connectivity index (χ3v) is 7.67.